The maximum atomic E-state index is 11.7. The van der Waals surface area contributed by atoms with Crippen molar-refractivity contribution in [2.24, 2.45) is 0 Å². The number of carbonyl (C=O) groups excluding carboxylic acids is 1. The van der Waals surface area contributed by atoms with Crippen molar-refractivity contribution in [2.75, 3.05) is 12.3 Å². The Morgan fingerprint density at radius 1 is 1.56 bits per heavy atom. The normalized spacial score (nSPS) is 12.2. The van der Waals surface area contributed by atoms with Gasteiger partial charge in [-0.3, -0.25) is 4.79 Å². The number of nitrogens with two attached hydrogens (primary N) is 1. The van der Waals surface area contributed by atoms with E-state index in [4.69, 9.17) is 10.5 Å². The van der Waals surface area contributed by atoms with E-state index in [1.54, 1.807) is 13.0 Å². The van der Waals surface area contributed by atoms with E-state index in [-0.39, 0.29) is 11.2 Å². The summed E-state index contributed by atoms with van der Waals surface area (Å²) in [4.78, 5) is 20.0. The van der Waals surface area contributed by atoms with Gasteiger partial charge in [-0.25, -0.2) is 9.97 Å². The summed E-state index contributed by atoms with van der Waals surface area (Å²) in [6.45, 7) is 6.14. The number of anilines is 1. The van der Waals surface area contributed by atoms with Crippen molar-refractivity contribution in [3.8, 4) is 0 Å². The number of nitrogen functional groups attached to an aromatic ring is 1. The molecule has 0 aliphatic carbocycles. The lowest BCUT2D eigenvalue weighted by Crippen LogP contribution is -2.18. The molecule has 6 heteroatoms. The first-order valence-corrected chi connectivity index (χ1v) is 6.85. The Bertz CT molecular complexity index is 392. The molecule has 0 aliphatic heterocycles. The van der Waals surface area contributed by atoms with Crippen molar-refractivity contribution in [3.05, 3.63) is 11.8 Å². The topological polar surface area (TPSA) is 78.1 Å². The lowest BCUT2D eigenvalue weighted by Gasteiger charge is -2.10. The van der Waals surface area contributed by atoms with E-state index >= 15 is 0 Å². The van der Waals surface area contributed by atoms with Crippen LogP contribution in [0.3, 0.4) is 0 Å². The maximum absolute atomic E-state index is 11.7. The third-order valence-corrected chi connectivity index (χ3v) is 3.15. The number of aryl methyl sites for hydroxylation is 1. The Morgan fingerprint density at radius 2 is 2.28 bits per heavy atom. The van der Waals surface area contributed by atoms with Crippen LogP contribution in [0.4, 0.5) is 5.82 Å². The van der Waals surface area contributed by atoms with Crippen molar-refractivity contribution in [1.82, 2.24) is 9.97 Å². The van der Waals surface area contributed by atoms with E-state index in [0.717, 1.165) is 18.5 Å². The van der Waals surface area contributed by atoms with Gasteiger partial charge in [-0.2, -0.15) is 0 Å². The SMILES string of the molecule is CCCCOC(=O)C(C)Sc1nc(C)cc(N)n1. The summed E-state index contributed by atoms with van der Waals surface area (Å²) in [5, 5.41) is 0.176. The molecule has 0 spiro atoms. The highest BCUT2D eigenvalue weighted by Crippen LogP contribution is 2.21. The molecule has 1 heterocycles. The third-order valence-electron chi connectivity index (χ3n) is 2.21. The molecule has 0 radical (unpaired) electrons. The fourth-order valence-electron chi connectivity index (χ4n) is 1.26. The van der Waals surface area contributed by atoms with Crippen molar-refractivity contribution in [1.29, 1.82) is 0 Å². The lowest BCUT2D eigenvalue weighted by molar-refractivity contribution is -0.142. The van der Waals surface area contributed by atoms with E-state index in [0.29, 0.717) is 17.6 Å². The van der Waals surface area contributed by atoms with Crippen LogP contribution in [0.2, 0.25) is 0 Å². The molecule has 0 saturated carbocycles. The molecule has 0 aliphatic rings. The first-order chi connectivity index (χ1) is 8.52. The van der Waals surface area contributed by atoms with E-state index in [1.807, 2.05) is 6.92 Å². The monoisotopic (exact) mass is 269 g/mol. The zero-order valence-electron chi connectivity index (χ0n) is 11.0. The number of unbranched alkanes of at least 4 members (excludes halogenated alkanes) is 1. The van der Waals surface area contributed by atoms with Crippen molar-refractivity contribution >= 4 is 23.5 Å². The average molecular weight is 269 g/mol. The number of esters is 1. The summed E-state index contributed by atoms with van der Waals surface area (Å²) in [6.07, 6.45) is 1.89. The summed E-state index contributed by atoms with van der Waals surface area (Å²) in [7, 11) is 0. The van der Waals surface area contributed by atoms with Gasteiger partial charge >= 0.3 is 5.97 Å². The molecule has 1 atom stereocenters. The number of carbonyl (C=O) groups is 1. The standard InChI is InChI=1S/C12H19N3O2S/c1-4-5-6-17-11(16)9(3)18-12-14-8(2)7-10(13)15-12/h7,9H,4-6H2,1-3H3,(H2,13,14,15). The molecular weight excluding hydrogens is 250 g/mol. The molecule has 2 N–H and O–H groups in total. The molecule has 5 nitrogen and oxygen atoms in total. The second kappa shape index (κ2) is 7.20. The summed E-state index contributed by atoms with van der Waals surface area (Å²) < 4.78 is 5.13. The van der Waals surface area contributed by atoms with Gasteiger partial charge in [-0.1, -0.05) is 25.1 Å². The quantitative estimate of drug-likeness (QED) is 0.369. The van der Waals surface area contributed by atoms with Gasteiger partial charge in [0.2, 0.25) is 0 Å². The molecule has 0 fully saturated rings. The third kappa shape index (κ3) is 4.91. The number of aromatic nitrogens is 2. The molecule has 1 aromatic rings. The van der Waals surface area contributed by atoms with Crippen LogP contribution < -0.4 is 5.73 Å². The second-order valence-corrected chi connectivity index (χ2v) is 5.31. The molecule has 100 valence electrons. The minimum absolute atomic E-state index is 0.239. The van der Waals surface area contributed by atoms with Crippen LogP contribution in [0.25, 0.3) is 0 Å². The van der Waals surface area contributed by atoms with Gasteiger partial charge in [0.05, 0.1) is 6.61 Å². The Balaban J connectivity index is 2.52. The van der Waals surface area contributed by atoms with Gasteiger partial charge in [0.15, 0.2) is 5.16 Å². The van der Waals surface area contributed by atoms with Gasteiger partial charge in [-0.05, 0) is 20.3 Å². The van der Waals surface area contributed by atoms with E-state index in [9.17, 15) is 4.79 Å². The van der Waals surface area contributed by atoms with Crippen molar-refractivity contribution in [2.45, 2.75) is 44.0 Å². The van der Waals surface area contributed by atoms with Gasteiger partial charge in [0.1, 0.15) is 11.1 Å². The number of hydrogen-bond donors (Lipinski definition) is 1. The van der Waals surface area contributed by atoms with Gasteiger partial charge < -0.3 is 10.5 Å². The van der Waals surface area contributed by atoms with Gasteiger partial charge in [-0.15, -0.1) is 0 Å². The van der Waals surface area contributed by atoms with Crippen LogP contribution in [0.15, 0.2) is 11.2 Å². The first-order valence-electron chi connectivity index (χ1n) is 5.97. The number of hydrogen-bond acceptors (Lipinski definition) is 6. The molecule has 1 rings (SSSR count). The minimum atomic E-state index is -0.331. The van der Waals surface area contributed by atoms with Crippen LogP contribution in [0.1, 0.15) is 32.4 Å². The molecule has 1 unspecified atom stereocenters. The number of thioether (sulfide) groups is 1. The van der Waals surface area contributed by atoms with Crippen LogP contribution >= 0.6 is 11.8 Å². The van der Waals surface area contributed by atoms with Crippen molar-refractivity contribution in [3.63, 3.8) is 0 Å². The van der Waals surface area contributed by atoms with Crippen LogP contribution in [0, 0.1) is 6.92 Å². The maximum Gasteiger partial charge on any atom is 0.319 e. The van der Waals surface area contributed by atoms with E-state index in [2.05, 4.69) is 16.9 Å². The Morgan fingerprint density at radius 3 is 2.89 bits per heavy atom. The predicted octanol–water partition coefficient (Wildman–Crippen LogP) is 2.19. The molecule has 0 amide bonds. The first kappa shape index (κ1) is 14.8. The average Bonchev–Trinajstić information content (AvgIpc) is 2.27. The molecular formula is C12H19N3O2S. The van der Waals surface area contributed by atoms with E-state index < -0.39 is 0 Å². The van der Waals surface area contributed by atoms with Crippen LogP contribution in [0.5, 0.6) is 0 Å². The zero-order valence-corrected chi connectivity index (χ0v) is 11.8. The summed E-state index contributed by atoms with van der Waals surface area (Å²) in [5.41, 5.74) is 6.42. The fraction of sp³-hybridized carbons (Fsp3) is 0.583. The number of ether oxygens (including phenoxy) is 1. The molecule has 0 saturated heterocycles. The Hall–Kier alpha value is -1.30. The minimum Gasteiger partial charge on any atom is -0.465 e. The van der Waals surface area contributed by atoms with Gasteiger partial charge in [0.25, 0.3) is 0 Å². The molecule has 1 aromatic heterocycles. The van der Waals surface area contributed by atoms with Gasteiger partial charge in [0, 0.05) is 11.8 Å². The second-order valence-electron chi connectivity index (χ2n) is 4.00. The smallest absolute Gasteiger partial charge is 0.319 e. The molecule has 0 bridgehead atoms. The number of nitrogens with zero attached hydrogens (tertiary/aromatic N) is 2. The predicted molar refractivity (Wildman–Crippen MR) is 72.4 cm³/mol. The van der Waals surface area contributed by atoms with Crippen molar-refractivity contribution < 1.29 is 9.53 Å². The fourth-order valence-corrected chi connectivity index (χ4v) is 2.09. The summed E-state index contributed by atoms with van der Waals surface area (Å²) >= 11 is 1.26. The van der Waals surface area contributed by atoms with E-state index in [1.165, 1.54) is 11.8 Å². The summed E-state index contributed by atoms with van der Waals surface area (Å²) in [6, 6.07) is 1.69. The zero-order chi connectivity index (χ0) is 13.5. The highest BCUT2D eigenvalue weighted by molar-refractivity contribution is 8.00. The molecule has 0 aromatic carbocycles. The van der Waals surface area contributed by atoms with Crippen LogP contribution in [-0.2, 0) is 9.53 Å². The van der Waals surface area contributed by atoms with Crippen LogP contribution in [-0.4, -0.2) is 27.8 Å². The largest absolute Gasteiger partial charge is 0.465 e. The lowest BCUT2D eigenvalue weighted by atomic mass is 10.4. The number of rotatable bonds is 6. The Kier molecular flexibility index (Phi) is 5.91. The molecule has 18 heavy (non-hydrogen) atoms. The highest BCUT2D eigenvalue weighted by Gasteiger charge is 2.17. The Labute approximate surface area is 112 Å². The highest BCUT2D eigenvalue weighted by atomic mass is 32.2. The summed E-state index contributed by atoms with van der Waals surface area (Å²) in [5.74, 6) is 0.175.